The molecular formula is C26H32N2O6. The van der Waals surface area contributed by atoms with E-state index in [2.05, 4.69) is 6.58 Å². The van der Waals surface area contributed by atoms with Crippen LogP contribution in [0.5, 0.6) is 5.75 Å². The van der Waals surface area contributed by atoms with E-state index >= 15 is 0 Å². The van der Waals surface area contributed by atoms with Crippen molar-refractivity contribution in [3.63, 3.8) is 0 Å². The molecule has 8 heteroatoms. The zero-order valence-electron chi connectivity index (χ0n) is 20.0. The molecule has 3 aliphatic carbocycles. The van der Waals surface area contributed by atoms with E-state index in [1.807, 2.05) is 19.9 Å². The number of allylic oxidation sites excluding steroid dienone is 1. The van der Waals surface area contributed by atoms with Gasteiger partial charge < -0.3 is 26.2 Å². The summed E-state index contributed by atoms with van der Waals surface area (Å²) in [6, 6.07) is 1.00. The summed E-state index contributed by atoms with van der Waals surface area (Å²) in [5.74, 6) is -4.14. The number of hydrogen-bond acceptors (Lipinski definition) is 8. The number of aliphatic hydroxyl groups excluding tert-OH is 2. The van der Waals surface area contributed by atoms with Crippen LogP contribution in [0.2, 0.25) is 0 Å². The van der Waals surface area contributed by atoms with Gasteiger partial charge in [0.15, 0.2) is 11.4 Å². The number of hydrogen-bond donors (Lipinski definition) is 5. The minimum Gasteiger partial charge on any atom is -0.508 e. The number of Topliss-reactive ketones (excluding diaryl/α,β-unsaturated/α-hetero) is 2. The molecule has 0 unspecified atom stereocenters. The summed E-state index contributed by atoms with van der Waals surface area (Å²) in [7, 11) is 3.32. The van der Waals surface area contributed by atoms with Crippen LogP contribution in [0.25, 0.3) is 5.76 Å². The molecule has 1 aromatic carbocycles. The molecule has 0 saturated heterocycles. The normalized spacial score (nSPS) is 28.7. The van der Waals surface area contributed by atoms with Crippen LogP contribution in [0.1, 0.15) is 42.5 Å². The fourth-order valence-corrected chi connectivity index (χ4v) is 6.11. The SMILES string of the molecule is C=C(N)C1=C(O)[C@@]2(O)C(=O)C3=C(O)c4c(O)c(CC)cc(CC)c4C[C@H]3C[C@H]2[C@H](N(C)C)C1=O. The Morgan fingerprint density at radius 1 is 1.18 bits per heavy atom. The average Bonchev–Trinajstić information content (AvgIpc) is 2.76. The van der Waals surface area contributed by atoms with Crippen molar-refractivity contribution in [2.75, 3.05) is 14.1 Å². The van der Waals surface area contributed by atoms with Crippen molar-refractivity contribution in [3.8, 4) is 5.75 Å². The number of carbonyl (C=O) groups is 2. The number of likely N-dealkylation sites (N-methyl/N-ethyl adjacent to an activating group) is 1. The standard InChI is InChI=1S/C26H32N2O6/c1-6-12-8-13(7-2)21(29)19-15(12)9-14-10-16-20(28(4)5)23(31)17(11(3)27)24(32)26(16,34)25(33)18(14)22(19)30/h8,14,16,20,29-30,32,34H,3,6-7,9-10,27H2,1-2,4-5H3/t14-,16-,20-,26+/m0/s1. The summed E-state index contributed by atoms with van der Waals surface area (Å²) in [4.78, 5) is 28.7. The third kappa shape index (κ3) is 2.98. The predicted octanol–water partition coefficient (Wildman–Crippen LogP) is 2.08. The van der Waals surface area contributed by atoms with Crippen molar-refractivity contribution in [3.05, 3.63) is 57.5 Å². The van der Waals surface area contributed by atoms with Gasteiger partial charge >= 0.3 is 0 Å². The van der Waals surface area contributed by atoms with Gasteiger partial charge in [0.2, 0.25) is 5.78 Å². The van der Waals surface area contributed by atoms with E-state index in [1.54, 1.807) is 19.0 Å². The van der Waals surface area contributed by atoms with Crippen molar-refractivity contribution in [2.45, 2.75) is 51.2 Å². The number of nitrogens with zero attached hydrogens (tertiary/aromatic N) is 1. The lowest BCUT2D eigenvalue weighted by molar-refractivity contribution is -0.153. The number of nitrogens with two attached hydrogens (primary N) is 1. The first-order chi connectivity index (χ1) is 15.9. The average molecular weight is 469 g/mol. The Kier molecular flexibility index (Phi) is 5.65. The van der Waals surface area contributed by atoms with Gasteiger partial charge in [-0.1, -0.05) is 26.5 Å². The van der Waals surface area contributed by atoms with Gasteiger partial charge in [0.05, 0.1) is 17.2 Å². The number of ketones is 2. The highest BCUT2D eigenvalue weighted by Crippen LogP contribution is 2.53. The summed E-state index contributed by atoms with van der Waals surface area (Å²) in [6.45, 7) is 7.42. The molecule has 0 heterocycles. The number of fused-ring (bicyclic) bond motifs is 3. The van der Waals surface area contributed by atoms with Crippen molar-refractivity contribution >= 4 is 17.3 Å². The smallest absolute Gasteiger partial charge is 0.202 e. The minimum absolute atomic E-state index is 0.0442. The van der Waals surface area contributed by atoms with E-state index in [1.165, 1.54) is 0 Å². The van der Waals surface area contributed by atoms with Crippen molar-refractivity contribution < 1.29 is 30.0 Å². The van der Waals surface area contributed by atoms with Gasteiger partial charge in [-0.15, -0.1) is 0 Å². The van der Waals surface area contributed by atoms with E-state index in [4.69, 9.17) is 5.73 Å². The fourth-order valence-electron chi connectivity index (χ4n) is 6.11. The highest BCUT2D eigenvalue weighted by Gasteiger charge is 2.63. The van der Waals surface area contributed by atoms with Crippen LogP contribution >= 0.6 is 0 Å². The van der Waals surface area contributed by atoms with Crippen LogP contribution in [0.3, 0.4) is 0 Å². The van der Waals surface area contributed by atoms with Crippen LogP contribution in [0, 0.1) is 11.8 Å². The topological polar surface area (TPSA) is 144 Å². The first-order valence-electron chi connectivity index (χ1n) is 11.6. The summed E-state index contributed by atoms with van der Waals surface area (Å²) in [5.41, 5.74) is 5.25. The fraction of sp³-hybridized carbons (Fsp3) is 0.462. The molecule has 0 aromatic heterocycles. The Labute approximate surface area is 198 Å². The summed E-state index contributed by atoms with van der Waals surface area (Å²) in [6.07, 6.45) is 1.75. The van der Waals surface area contributed by atoms with E-state index in [0.717, 1.165) is 11.1 Å². The zero-order valence-corrected chi connectivity index (χ0v) is 20.0. The summed E-state index contributed by atoms with van der Waals surface area (Å²) < 4.78 is 0. The Balaban J connectivity index is 2.00. The Morgan fingerprint density at radius 3 is 2.32 bits per heavy atom. The van der Waals surface area contributed by atoms with Crippen LogP contribution in [-0.4, -0.2) is 62.6 Å². The largest absolute Gasteiger partial charge is 0.508 e. The first-order valence-corrected chi connectivity index (χ1v) is 11.6. The van der Waals surface area contributed by atoms with E-state index in [9.17, 15) is 30.0 Å². The maximum atomic E-state index is 13.9. The van der Waals surface area contributed by atoms with E-state index in [-0.39, 0.29) is 40.3 Å². The molecule has 0 spiro atoms. The number of rotatable bonds is 4. The van der Waals surface area contributed by atoms with E-state index in [0.29, 0.717) is 24.8 Å². The van der Waals surface area contributed by atoms with Crippen molar-refractivity contribution in [2.24, 2.45) is 17.6 Å². The number of phenols is 1. The maximum absolute atomic E-state index is 13.9. The van der Waals surface area contributed by atoms with Gasteiger partial charge in [-0.25, -0.2) is 0 Å². The maximum Gasteiger partial charge on any atom is 0.202 e. The minimum atomic E-state index is -2.45. The van der Waals surface area contributed by atoms with Gasteiger partial charge in [-0.2, -0.15) is 0 Å². The van der Waals surface area contributed by atoms with Gasteiger partial charge in [0.25, 0.3) is 0 Å². The molecule has 3 aliphatic rings. The lowest BCUT2D eigenvalue weighted by Crippen LogP contribution is -2.65. The molecular weight excluding hydrogens is 436 g/mol. The number of aromatic hydroxyl groups is 1. The van der Waals surface area contributed by atoms with Gasteiger partial charge in [0, 0.05) is 17.2 Å². The number of carbonyl (C=O) groups excluding carboxylic acids is 2. The molecule has 0 amide bonds. The molecule has 6 N–H and O–H groups in total. The third-order valence-corrected chi connectivity index (χ3v) is 7.73. The quantitative estimate of drug-likeness (QED) is 0.452. The van der Waals surface area contributed by atoms with Crippen LogP contribution in [0.15, 0.2) is 35.2 Å². The zero-order chi connectivity index (χ0) is 25.3. The second kappa shape index (κ2) is 7.99. The monoisotopic (exact) mass is 468 g/mol. The number of benzene rings is 1. The molecule has 0 bridgehead atoms. The molecule has 0 radical (unpaired) electrons. The van der Waals surface area contributed by atoms with Crippen LogP contribution in [-0.2, 0) is 28.9 Å². The molecule has 182 valence electrons. The van der Waals surface area contributed by atoms with Crippen LogP contribution in [0.4, 0.5) is 0 Å². The molecule has 34 heavy (non-hydrogen) atoms. The van der Waals surface area contributed by atoms with Gasteiger partial charge in [-0.3, -0.25) is 14.5 Å². The lowest BCUT2D eigenvalue weighted by atomic mass is 9.57. The van der Waals surface area contributed by atoms with Crippen molar-refractivity contribution in [1.29, 1.82) is 0 Å². The number of phenolic OH excluding ortho intramolecular Hbond substituents is 1. The summed E-state index contributed by atoms with van der Waals surface area (Å²) in [5, 5.41) is 44.9. The van der Waals surface area contributed by atoms with E-state index < -0.39 is 40.8 Å². The number of aliphatic hydroxyl groups is 3. The Bertz CT molecular complexity index is 1190. The second-order valence-corrected chi connectivity index (χ2v) is 9.73. The Morgan fingerprint density at radius 2 is 1.79 bits per heavy atom. The molecule has 1 aromatic rings. The lowest BCUT2D eigenvalue weighted by Gasteiger charge is -2.50. The Hall–Kier alpha value is -3.10. The molecule has 1 fully saturated rings. The van der Waals surface area contributed by atoms with Crippen molar-refractivity contribution in [1.82, 2.24) is 4.90 Å². The summed E-state index contributed by atoms with van der Waals surface area (Å²) >= 11 is 0. The molecule has 1 saturated carbocycles. The van der Waals surface area contributed by atoms with Crippen LogP contribution < -0.4 is 5.73 Å². The molecule has 4 rings (SSSR count). The third-order valence-electron chi connectivity index (χ3n) is 7.73. The first kappa shape index (κ1) is 24.0. The number of aryl methyl sites for hydroxylation is 2. The highest BCUT2D eigenvalue weighted by atomic mass is 16.3. The van der Waals surface area contributed by atoms with Gasteiger partial charge in [0.1, 0.15) is 17.3 Å². The molecule has 8 nitrogen and oxygen atoms in total. The highest BCUT2D eigenvalue weighted by molar-refractivity contribution is 6.15. The second-order valence-electron chi connectivity index (χ2n) is 9.73. The molecule has 4 atom stereocenters. The molecule has 0 aliphatic heterocycles. The predicted molar refractivity (Wildman–Crippen MR) is 127 cm³/mol. The van der Waals surface area contributed by atoms with Gasteiger partial charge in [-0.05, 0) is 62.4 Å².